The van der Waals surface area contributed by atoms with Gasteiger partial charge in [-0.15, -0.1) is 0 Å². The van der Waals surface area contributed by atoms with Gasteiger partial charge in [-0.3, -0.25) is 4.79 Å². The van der Waals surface area contributed by atoms with Gasteiger partial charge in [-0.05, 0) is 59.8 Å². The van der Waals surface area contributed by atoms with E-state index in [1.54, 1.807) is 20.1 Å². The number of carbonyl (C=O) groups excluding carboxylic acids is 1. The number of halogens is 3. The molecule has 0 spiro atoms. The van der Waals surface area contributed by atoms with Gasteiger partial charge in [0.15, 0.2) is 0 Å². The lowest BCUT2D eigenvalue weighted by molar-refractivity contribution is -0.188. The van der Waals surface area contributed by atoms with Crippen LogP contribution in [0.5, 0.6) is 0 Å². The molecule has 0 aromatic carbocycles. The summed E-state index contributed by atoms with van der Waals surface area (Å²) < 4.78 is 53.2. The van der Waals surface area contributed by atoms with Crippen LogP contribution in [0.1, 0.15) is 53.9 Å². The minimum atomic E-state index is -4.84. The molecule has 1 rings (SSSR count). The van der Waals surface area contributed by atoms with Crippen LogP contribution in [-0.4, -0.2) is 44.6 Å². The SMILES string of the molecule is CC1(C)C[C@H](CC/C=N\[S+]([O-])C(C)(C)C)CN1C(=O)C(F)(F)F. The highest BCUT2D eigenvalue weighted by atomic mass is 32.2. The molecule has 0 saturated carbocycles. The van der Waals surface area contributed by atoms with E-state index >= 15 is 0 Å². The van der Waals surface area contributed by atoms with Crippen LogP contribution in [-0.2, 0) is 16.2 Å². The Morgan fingerprint density at radius 1 is 1.39 bits per heavy atom. The van der Waals surface area contributed by atoms with Crippen LogP contribution in [0.25, 0.3) is 0 Å². The summed E-state index contributed by atoms with van der Waals surface area (Å²) in [4.78, 5) is 12.4. The molecule has 4 nitrogen and oxygen atoms in total. The van der Waals surface area contributed by atoms with E-state index in [0.29, 0.717) is 19.3 Å². The standard InChI is InChI=1S/C15H25F3N2O2S/c1-13(2,3)23(22)19-8-6-7-11-9-14(4,5)20(10-11)12(21)15(16,17)18/h8,11H,6-7,9-10H2,1-5H3/b19-8-/t11-,23?/m0/s1. The van der Waals surface area contributed by atoms with Crippen molar-refractivity contribution >= 4 is 23.5 Å². The lowest BCUT2D eigenvalue weighted by Gasteiger charge is -2.31. The number of amides is 1. The maximum Gasteiger partial charge on any atom is 0.471 e. The van der Waals surface area contributed by atoms with Crippen LogP contribution in [0.2, 0.25) is 0 Å². The molecule has 0 aliphatic carbocycles. The van der Waals surface area contributed by atoms with E-state index in [9.17, 15) is 22.5 Å². The van der Waals surface area contributed by atoms with Crippen molar-refractivity contribution in [1.29, 1.82) is 0 Å². The van der Waals surface area contributed by atoms with Crippen molar-refractivity contribution in [3.8, 4) is 0 Å². The fraction of sp³-hybridized carbons (Fsp3) is 0.867. The molecule has 1 fully saturated rings. The average molecular weight is 354 g/mol. The first-order valence-electron chi connectivity index (χ1n) is 7.58. The molecule has 0 N–H and O–H groups in total. The third kappa shape index (κ3) is 5.67. The van der Waals surface area contributed by atoms with E-state index in [2.05, 4.69) is 4.40 Å². The summed E-state index contributed by atoms with van der Waals surface area (Å²) in [5.74, 6) is -1.78. The highest BCUT2D eigenvalue weighted by Gasteiger charge is 2.50. The predicted molar refractivity (Wildman–Crippen MR) is 85.6 cm³/mol. The Morgan fingerprint density at radius 2 is 1.96 bits per heavy atom. The van der Waals surface area contributed by atoms with Crippen molar-refractivity contribution in [2.45, 2.75) is 70.3 Å². The fourth-order valence-corrected chi connectivity index (χ4v) is 3.24. The first-order valence-corrected chi connectivity index (χ1v) is 8.69. The second-order valence-corrected chi connectivity index (χ2v) is 9.46. The van der Waals surface area contributed by atoms with Crippen LogP contribution >= 0.6 is 0 Å². The van der Waals surface area contributed by atoms with Gasteiger partial charge in [0.25, 0.3) is 0 Å². The van der Waals surface area contributed by atoms with Crippen molar-refractivity contribution in [3.63, 3.8) is 0 Å². The van der Waals surface area contributed by atoms with Crippen molar-refractivity contribution < 1.29 is 22.5 Å². The molecule has 0 aromatic rings. The Balaban J connectivity index is 2.56. The van der Waals surface area contributed by atoms with Gasteiger partial charge in [0.05, 0.1) is 6.21 Å². The molecule has 23 heavy (non-hydrogen) atoms. The lowest BCUT2D eigenvalue weighted by Crippen LogP contribution is -2.48. The van der Waals surface area contributed by atoms with Gasteiger partial charge >= 0.3 is 12.1 Å². The normalized spacial score (nSPS) is 23.5. The first kappa shape index (κ1) is 20.3. The third-order valence-electron chi connectivity index (χ3n) is 3.85. The number of hydrogen-bond donors (Lipinski definition) is 0. The first-order chi connectivity index (χ1) is 10.2. The van der Waals surface area contributed by atoms with Crippen molar-refractivity contribution in [1.82, 2.24) is 4.90 Å². The molecule has 1 amide bonds. The van der Waals surface area contributed by atoms with E-state index in [-0.39, 0.29) is 12.5 Å². The molecule has 0 bridgehead atoms. The molecule has 1 aliphatic rings. The molecule has 134 valence electrons. The summed E-state index contributed by atoms with van der Waals surface area (Å²) in [6, 6.07) is 0. The minimum Gasteiger partial charge on any atom is -0.591 e. The van der Waals surface area contributed by atoms with E-state index < -0.39 is 33.7 Å². The number of likely N-dealkylation sites (tertiary alicyclic amines) is 1. The smallest absolute Gasteiger partial charge is 0.471 e. The quantitative estimate of drug-likeness (QED) is 0.573. The maximum atomic E-state index is 12.6. The molecular formula is C15H25F3N2O2S. The van der Waals surface area contributed by atoms with Gasteiger partial charge in [0.1, 0.15) is 16.1 Å². The van der Waals surface area contributed by atoms with Gasteiger partial charge in [0.2, 0.25) is 0 Å². The highest BCUT2D eigenvalue weighted by molar-refractivity contribution is 7.91. The van der Waals surface area contributed by atoms with Crippen LogP contribution in [0, 0.1) is 5.92 Å². The molecule has 8 heteroatoms. The second-order valence-electron chi connectivity index (χ2n) is 7.52. The Kier molecular flexibility index (Phi) is 6.18. The lowest BCUT2D eigenvalue weighted by atomic mass is 9.93. The Labute approximate surface area is 138 Å². The molecule has 0 aromatic heterocycles. The van der Waals surface area contributed by atoms with Crippen LogP contribution in [0.15, 0.2) is 4.40 Å². The predicted octanol–water partition coefficient (Wildman–Crippen LogP) is 3.49. The monoisotopic (exact) mass is 354 g/mol. The van der Waals surface area contributed by atoms with Crippen LogP contribution in [0.3, 0.4) is 0 Å². The van der Waals surface area contributed by atoms with Gasteiger partial charge in [0, 0.05) is 12.1 Å². The summed E-state index contributed by atoms with van der Waals surface area (Å²) in [5, 5.41) is 0. The van der Waals surface area contributed by atoms with E-state index in [1.807, 2.05) is 20.8 Å². The summed E-state index contributed by atoms with van der Waals surface area (Å²) >= 11 is -1.33. The number of carbonyl (C=O) groups is 1. The zero-order valence-electron chi connectivity index (χ0n) is 14.2. The number of alkyl halides is 3. The Morgan fingerprint density at radius 3 is 2.43 bits per heavy atom. The summed E-state index contributed by atoms with van der Waals surface area (Å²) in [5.41, 5.74) is -0.803. The van der Waals surface area contributed by atoms with Gasteiger partial charge in [-0.2, -0.15) is 13.2 Å². The number of nitrogens with zero attached hydrogens (tertiary/aromatic N) is 2. The topological polar surface area (TPSA) is 55.7 Å². The molecule has 0 radical (unpaired) electrons. The summed E-state index contributed by atoms with van der Waals surface area (Å²) in [6.07, 6.45) is -1.59. The molecule has 1 heterocycles. The van der Waals surface area contributed by atoms with E-state index in [0.717, 1.165) is 4.90 Å². The fourth-order valence-electron chi connectivity index (χ4n) is 2.68. The molecule has 1 aliphatic heterocycles. The summed E-state index contributed by atoms with van der Waals surface area (Å²) in [6.45, 7) is 8.86. The Bertz CT molecular complexity index is 459. The molecule has 1 unspecified atom stereocenters. The average Bonchev–Trinajstić information content (AvgIpc) is 2.66. The number of rotatable bonds is 4. The summed E-state index contributed by atoms with van der Waals surface area (Å²) in [7, 11) is 0. The molecule has 1 saturated heterocycles. The van der Waals surface area contributed by atoms with E-state index in [1.165, 1.54) is 0 Å². The minimum absolute atomic E-state index is 0.00850. The zero-order valence-corrected chi connectivity index (χ0v) is 15.1. The van der Waals surface area contributed by atoms with Gasteiger partial charge in [-0.25, -0.2) is 0 Å². The third-order valence-corrected chi connectivity index (χ3v) is 5.23. The highest BCUT2D eigenvalue weighted by Crippen LogP contribution is 2.37. The van der Waals surface area contributed by atoms with Crippen molar-refractivity contribution in [3.05, 3.63) is 0 Å². The second kappa shape index (κ2) is 7.01. The van der Waals surface area contributed by atoms with E-state index in [4.69, 9.17) is 0 Å². The maximum absolute atomic E-state index is 12.6. The molecular weight excluding hydrogens is 329 g/mol. The van der Waals surface area contributed by atoms with Crippen molar-refractivity contribution in [2.75, 3.05) is 6.54 Å². The molecule has 2 atom stereocenters. The zero-order chi connectivity index (χ0) is 18.1. The van der Waals surface area contributed by atoms with Crippen LogP contribution in [0.4, 0.5) is 13.2 Å². The largest absolute Gasteiger partial charge is 0.591 e. The Hall–Kier alpha value is -0.760. The number of hydrogen-bond acceptors (Lipinski definition) is 3. The van der Waals surface area contributed by atoms with Gasteiger partial charge < -0.3 is 9.45 Å². The van der Waals surface area contributed by atoms with Crippen molar-refractivity contribution in [2.24, 2.45) is 10.3 Å². The van der Waals surface area contributed by atoms with Crippen LogP contribution < -0.4 is 0 Å². The van der Waals surface area contributed by atoms with Gasteiger partial charge in [-0.1, -0.05) is 4.40 Å².